The van der Waals surface area contributed by atoms with Gasteiger partial charge in [0.05, 0.1) is 11.0 Å². The summed E-state index contributed by atoms with van der Waals surface area (Å²) in [4.78, 5) is 14.7. The zero-order valence-electron chi connectivity index (χ0n) is 26.6. The van der Waals surface area contributed by atoms with Crippen molar-refractivity contribution in [1.29, 1.82) is 0 Å². The summed E-state index contributed by atoms with van der Waals surface area (Å²) in [5.41, 5.74) is 11.0. The third-order valence-corrected chi connectivity index (χ3v) is 9.04. The Bertz CT molecular complexity index is 2500. The molecule has 0 fully saturated rings. The molecule has 0 atom stereocenters. The average Bonchev–Trinajstić information content (AvgIpc) is 3.53. The van der Waals surface area contributed by atoms with Gasteiger partial charge in [0.25, 0.3) is 0 Å². The largest absolute Gasteiger partial charge is 0.309 e. The van der Waals surface area contributed by atoms with Gasteiger partial charge in [0.15, 0.2) is 17.5 Å². The molecular formula is C45H30N4. The maximum Gasteiger partial charge on any atom is 0.164 e. The van der Waals surface area contributed by atoms with Gasteiger partial charge in [-0.15, -0.1) is 0 Å². The second-order valence-electron chi connectivity index (χ2n) is 12.1. The number of hydrogen-bond acceptors (Lipinski definition) is 3. The predicted octanol–water partition coefficient (Wildman–Crippen LogP) is 11.3. The predicted molar refractivity (Wildman–Crippen MR) is 201 cm³/mol. The van der Waals surface area contributed by atoms with Crippen molar-refractivity contribution in [2.75, 3.05) is 0 Å². The van der Waals surface area contributed by atoms with Crippen LogP contribution in [0, 0.1) is 0 Å². The first kappa shape index (κ1) is 28.6. The minimum atomic E-state index is 0.644. The van der Waals surface area contributed by atoms with E-state index in [1.165, 1.54) is 32.9 Å². The molecule has 0 aliphatic rings. The van der Waals surface area contributed by atoms with Crippen molar-refractivity contribution in [1.82, 2.24) is 19.5 Å². The van der Waals surface area contributed by atoms with E-state index in [9.17, 15) is 0 Å². The van der Waals surface area contributed by atoms with E-state index in [2.05, 4.69) is 126 Å². The molecule has 0 saturated heterocycles. The van der Waals surface area contributed by atoms with E-state index in [1.807, 2.05) is 60.7 Å². The summed E-state index contributed by atoms with van der Waals surface area (Å²) in [6.45, 7) is 0. The normalized spacial score (nSPS) is 11.3. The Morgan fingerprint density at radius 2 is 0.776 bits per heavy atom. The number of rotatable bonds is 6. The lowest BCUT2D eigenvalue weighted by Gasteiger charge is -2.14. The lowest BCUT2D eigenvalue weighted by Crippen LogP contribution is -2.00. The molecule has 0 spiro atoms. The zero-order valence-corrected chi connectivity index (χ0v) is 26.6. The van der Waals surface area contributed by atoms with Crippen LogP contribution in [-0.4, -0.2) is 19.5 Å². The topological polar surface area (TPSA) is 43.6 Å². The average molecular weight is 627 g/mol. The van der Waals surface area contributed by atoms with Crippen LogP contribution in [0.3, 0.4) is 0 Å². The van der Waals surface area contributed by atoms with Crippen LogP contribution in [0.2, 0.25) is 0 Å². The molecule has 2 heterocycles. The fourth-order valence-electron chi connectivity index (χ4n) is 6.70. The van der Waals surface area contributed by atoms with Crippen molar-refractivity contribution in [3.8, 4) is 62.1 Å². The van der Waals surface area contributed by atoms with E-state index < -0.39 is 0 Å². The standard InChI is InChI=1S/C45H30N4/c1-5-15-32(16-6-1)39-29-36(30-40-38-23-13-14-24-41(38)49(42(39)40)37-21-11-4-12-22-37)31-25-27-35(28-26-31)45-47-43(33-17-7-2-8-18-33)46-44(48-45)34-19-9-3-10-20-34/h1-30H. The Kier molecular flexibility index (Phi) is 7.10. The molecule has 49 heavy (non-hydrogen) atoms. The quantitative estimate of drug-likeness (QED) is 0.184. The molecule has 0 amide bonds. The molecule has 0 N–H and O–H groups in total. The summed E-state index contributed by atoms with van der Waals surface area (Å²) < 4.78 is 2.40. The maximum absolute atomic E-state index is 4.94. The van der Waals surface area contributed by atoms with E-state index in [0.717, 1.165) is 33.5 Å². The minimum absolute atomic E-state index is 0.644. The Morgan fingerprint density at radius 1 is 0.327 bits per heavy atom. The number of benzene rings is 7. The van der Waals surface area contributed by atoms with Gasteiger partial charge in [0.2, 0.25) is 0 Å². The van der Waals surface area contributed by atoms with Crippen molar-refractivity contribution in [2.45, 2.75) is 0 Å². The molecule has 0 radical (unpaired) electrons. The number of hydrogen-bond donors (Lipinski definition) is 0. The fourth-order valence-corrected chi connectivity index (χ4v) is 6.70. The summed E-state index contributed by atoms with van der Waals surface area (Å²) in [5.74, 6) is 1.95. The van der Waals surface area contributed by atoms with Crippen LogP contribution >= 0.6 is 0 Å². The molecule has 230 valence electrons. The SMILES string of the molecule is c1ccc(-c2nc(-c3ccccc3)nc(-c3ccc(-c4cc(-c5ccccc5)c5c(c4)c4ccccc4n5-c4ccccc4)cc3)n2)cc1. The van der Waals surface area contributed by atoms with Crippen molar-refractivity contribution >= 4 is 21.8 Å². The molecule has 9 aromatic rings. The molecule has 7 aromatic carbocycles. The monoisotopic (exact) mass is 626 g/mol. The Labute approximate surface area is 284 Å². The van der Waals surface area contributed by atoms with Gasteiger partial charge in [0, 0.05) is 38.7 Å². The van der Waals surface area contributed by atoms with E-state index in [0.29, 0.717) is 17.5 Å². The fraction of sp³-hybridized carbons (Fsp3) is 0. The first-order chi connectivity index (χ1) is 24.3. The lowest BCUT2D eigenvalue weighted by atomic mass is 9.95. The number of para-hydroxylation sites is 2. The molecule has 0 unspecified atom stereocenters. The summed E-state index contributed by atoms with van der Waals surface area (Å²) in [7, 11) is 0. The summed E-state index contributed by atoms with van der Waals surface area (Å²) in [6.07, 6.45) is 0. The highest BCUT2D eigenvalue weighted by molar-refractivity contribution is 6.15. The number of aromatic nitrogens is 4. The van der Waals surface area contributed by atoms with Gasteiger partial charge in [0.1, 0.15) is 0 Å². The van der Waals surface area contributed by atoms with Crippen LogP contribution in [0.5, 0.6) is 0 Å². The van der Waals surface area contributed by atoms with Gasteiger partial charge in [-0.1, -0.05) is 152 Å². The highest BCUT2D eigenvalue weighted by Gasteiger charge is 2.19. The van der Waals surface area contributed by atoms with Gasteiger partial charge >= 0.3 is 0 Å². The summed E-state index contributed by atoms with van der Waals surface area (Å²) in [6, 6.07) is 63.5. The zero-order chi connectivity index (χ0) is 32.6. The summed E-state index contributed by atoms with van der Waals surface area (Å²) in [5, 5.41) is 2.45. The lowest BCUT2D eigenvalue weighted by molar-refractivity contribution is 1.07. The minimum Gasteiger partial charge on any atom is -0.309 e. The van der Waals surface area contributed by atoms with E-state index in [1.54, 1.807) is 0 Å². The molecule has 2 aromatic heterocycles. The molecule has 0 bridgehead atoms. The van der Waals surface area contributed by atoms with E-state index in [4.69, 9.17) is 15.0 Å². The molecule has 0 saturated carbocycles. The van der Waals surface area contributed by atoms with Crippen molar-refractivity contribution in [3.63, 3.8) is 0 Å². The van der Waals surface area contributed by atoms with E-state index in [-0.39, 0.29) is 0 Å². The second-order valence-corrected chi connectivity index (χ2v) is 12.1. The molecule has 4 nitrogen and oxygen atoms in total. The van der Waals surface area contributed by atoms with Crippen LogP contribution in [0.1, 0.15) is 0 Å². The first-order valence-electron chi connectivity index (χ1n) is 16.5. The van der Waals surface area contributed by atoms with Crippen LogP contribution in [0.4, 0.5) is 0 Å². The van der Waals surface area contributed by atoms with Crippen LogP contribution in [0.15, 0.2) is 182 Å². The molecular weight excluding hydrogens is 597 g/mol. The van der Waals surface area contributed by atoms with Gasteiger partial charge in [-0.3, -0.25) is 0 Å². The van der Waals surface area contributed by atoms with Crippen molar-refractivity contribution < 1.29 is 0 Å². The highest BCUT2D eigenvalue weighted by atomic mass is 15.0. The molecule has 9 rings (SSSR count). The molecule has 0 aliphatic heterocycles. The first-order valence-corrected chi connectivity index (χ1v) is 16.5. The maximum atomic E-state index is 4.94. The third kappa shape index (κ3) is 5.26. The highest BCUT2D eigenvalue weighted by Crippen LogP contribution is 2.41. The Morgan fingerprint density at radius 3 is 1.35 bits per heavy atom. The van der Waals surface area contributed by atoms with Crippen LogP contribution in [0.25, 0.3) is 83.9 Å². The van der Waals surface area contributed by atoms with Crippen LogP contribution in [-0.2, 0) is 0 Å². The Hall–Kier alpha value is -6.65. The summed E-state index contributed by atoms with van der Waals surface area (Å²) >= 11 is 0. The number of fused-ring (bicyclic) bond motifs is 3. The number of nitrogens with zero attached hydrogens (tertiary/aromatic N) is 4. The molecule has 0 aliphatic carbocycles. The van der Waals surface area contributed by atoms with Gasteiger partial charge < -0.3 is 4.57 Å². The Balaban J connectivity index is 1.21. The second kappa shape index (κ2) is 12.2. The van der Waals surface area contributed by atoms with E-state index >= 15 is 0 Å². The smallest absolute Gasteiger partial charge is 0.164 e. The van der Waals surface area contributed by atoms with Crippen molar-refractivity contribution in [3.05, 3.63) is 182 Å². The molecule has 4 heteroatoms. The van der Waals surface area contributed by atoms with Gasteiger partial charge in [-0.2, -0.15) is 0 Å². The van der Waals surface area contributed by atoms with Gasteiger partial charge in [-0.25, -0.2) is 15.0 Å². The van der Waals surface area contributed by atoms with Crippen molar-refractivity contribution in [2.24, 2.45) is 0 Å². The third-order valence-electron chi connectivity index (χ3n) is 9.04. The van der Waals surface area contributed by atoms with Crippen LogP contribution < -0.4 is 0 Å². The van der Waals surface area contributed by atoms with Gasteiger partial charge in [-0.05, 0) is 47.0 Å².